The van der Waals surface area contributed by atoms with Crippen LogP contribution in [-0.2, 0) is 0 Å². The molecule has 0 amide bonds. The molecule has 3 rings (SSSR count). The Bertz CT molecular complexity index is 870. The van der Waals surface area contributed by atoms with Crippen molar-refractivity contribution < 1.29 is 0 Å². The molecule has 2 heterocycles. The van der Waals surface area contributed by atoms with E-state index in [1.807, 2.05) is 31.2 Å². The van der Waals surface area contributed by atoms with Crippen molar-refractivity contribution in [3.05, 3.63) is 61.8 Å². The fraction of sp³-hybridized carbons (Fsp3) is 0.0667. The van der Waals surface area contributed by atoms with E-state index in [2.05, 4.69) is 10.2 Å². The quantitative estimate of drug-likeness (QED) is 0.731. The van der Waals surface area contributed by atoms with Gasteiger partial charge in [0.2, 0.25) is 0 Å². The zero-order valence-corrected chi connectivity index (χ0v) is 13.3. The van der Waals surface area contributed by atoms with Gasteiger partial charge in [-0.2, -0.15) is 5.10 Å². The van der Waals surface area contributed by atoms with Gasteiger partial charge in [0.25, 0.3) is 5.56 Å². The zero-order chi connectivity index (χ0) is 15.0. The first-order valence-electron chi connectivity index (χ1n) is 6.17. The molecule has 0 aliphatic heterocycles. The minimum absolute atomic E-state index is 0.248. The number of halogens is 2. The lowest BCUT2D eigenvalue weighted by Crippen LogP contribution is -2.13. The van der Waals surface area contributed by atoms with E-state index >= 15 is 0 Å². The first kappa shape index (κ1) is 14.3. The SMILES string of the molecule is Cc1n[nH]c(=O)c(-c2cccc(Cl)c2)c1-c1ccc(Cl)s1. The van der Waals surface area contributed by atoms with E-state index in [0.29, 0.717) is 14.9 Å². The maximum absolute atomic E-state index is 12.3. The maximum Gasteiger partial charge on any atom is 0.272 e. The third-order valence-electron chi connectivity index (χ3n) is 3.10. The van der Waals surface area contributed by atoms with Gasteiger partial charge in [0, 0.05) is 15.5 Å². The van der Waals surface area contributed by atoms with Crippen molar-refractivity contribution in [2.75, 3.05) is 0 Å². The number of nitrogens with one attached hydrogen (secondary N) is 1. The zero-order valence-electron chi connectivity index (χ0n) is 11.0. The molecule has 106 valence electrons. The molecule has 0 spiro atoms. The summed E-state index contributed by atoms with van der Waals surface area (Å²) < 4.78 is 0.668. The van der Waals surface area contributed by atoms with Gasteiger partial charge in [-0.3, -0.25) is 4.79 Å². The van der Waals surface area contributed by atoms with Gasteiger partial charge >= 0.3 is 0 Å². The van der Waals surface area contributed by atoms with Crippen molar-refractivity contribution in [2.24, 2.45) is 0 Å². The number of H-pyrrole nitrogens is 1. The van der Waals surface area contributed by atoms with Gasteiger partial charge in [0.05, 0.1) is 15.6 Å². The second-order valence-electron chi connectivity index (χ2n) is 4.50. The van der Waals surface area contributed by atoms with Crippen LogP contribution in [0.5, 0.6) is 0 Å². The molecule has 3 aromatic rings. The lowest BCUT2D eigenvalue weighted by atomic mass is 9.99. The molecular formula is C15H10Cl2N2OS. The molecule has 0 saturated carbocycles. The number of hydrogen-bond donors (Lipinski definition) is 1. The molecule has 21 heavy (non-hydrogen) atoms. The average Bonchev–Trinajstić information content (AvgIpc) is 2.87. The topological polar surface area (TPSA) is 45.8 Å². The Morgan fingerprint density at radius 2 is 1.95 bits per heavy atom. The smallest absolute Gasteiger partial charge is 0.267 e. The molecule has 0 bridgehead atoms. The van der Waals surface area contributed by atoms with Crippen molar-refractivity contribution in [1.29, 1.82) is 0 Å². The molecule has 0 unspecified atom stereocenters. The number of aromatic amines is 1. The minimum Gasteiger partial charge on any atom is -0.267 e. The van der Waals surface area contributed by atoms with E-state index in [1.54, 1.807) is 12.1 Å². The van der Waals surface area contributed by atoms with Crippen LogP contribution in [0.3, 0.4) is 0 Å². The molecule has 0 radical (unpaired) electrons. The average molecular weight is 337 g/mol. The number of thiophene rings is 1. The second kappa shape index (κ2) is 5.64. The molecular weight excluding hydrogens is 327 g/mol. The van der Waals surface area contributed by atoms with Gasteiger partial charge in [0.15, 0.2) is 0 Å². The van der Waals surface area contributed by atoms with E-state index in [1.165, 1.54) is 11.3 Å². The van der Waals surface area contributed by atoms with Crippen LogP contribution in [-0.4, -0.2) is 10.2 Å². The highest BCUT2D eigenvalue weighted by molar-refractivity contribution is 7.19. The first-order chi connectivity index (χ1) is 10.1. The molecule has 2 aromatic heterocycles. The van der Waals surface area contributed by atoms with Crippen LogP contribution in [0.25, 0.3) is 21.6 Å². The van der Waals surface area contributed by atoms with Crippen LogP contribution in [0.15, 0.2) is 41.2 Å². The van der Waals surface area contributed by atoms with E-state index in [4.69, 9.17) is 23.2 Å². The second-order valence-corrected chi connectivity index (χ2v) is 6.65. The number of benzene rings is 1. The standard InChI is InChI=1S/C15H10Cl2N2OS/c1-8-13(11-5-6-12(17)21-11)14(15(20)19-18-8)9-3-2-4-10(16)7-9/h2-7H,1H3,(H,19,20). The Morgan fingerprint density at radius 1 is 1.14 bits per heavy atom. The third kappa shape index (κ3) is 2.75. The molecule has 0 atom stereocenters. The fourth-order valence-electron chi connectivity index (χ4n) is 2.21. The van der Waals surface area contributed by atoms with Crippen molar-refractivity contribution in [3.63, 3.8) is 0 Å². The monoisotopic (exact) mass is 336 g/mol. The predicted molar refractivity (Wildman–Crippen MR) is 88.4 cm³/mol. The van der Waals surface area contributed by atoms with E-state index < -0.39 is 0 Å². The summed E-state index contributed by atoms with van der Waals surface area (Å²) in [7, 11) is 0. The summed E-state index contributed by atoms with van der Waals surface area (Å²) in [4.78, 5) is 13.2. The van der Waals surface area contributed by atoms with E-state index in [-0.39, 0.29) is 5.56 Å². The predicted octanol–water partition coefficient (Wildman–Crippen LogP) is 4.78. The number of rotatable bonds is 2. The summed E-state index contributed by atoms with van der Waals surface area (Å²) in [5.74, 6) is 0. The molecule has 3 nitrogen and oxygen atoms in total. The number of aryl methyl sites for hydroxylation is 1. The van der Waals surface area contributed by atoms with Crippen LogP contribution in [0.2, 0.25) is 9.36 Å². The van der Waals surface area contributed by atoms with Crippen LogP contribution >= 0.6 is 34.5 Å². The van der Waals surface area contributed by atoms with Crippen molar-refractivity contribution in [1.82, 2.24) is 10.2 Å². The molecule has 0 aliphatic rings. The van der Waals surface area contributed by atoms with Gasteiger partial charge in [-0.05, 0) is 36.8 Å². The fourth-order valence-corrected chi connectivity index (χ4v) is 3.55. The maximum atomic E-state index is 12.3. The lowest BCUT2D eigenvalue weighted by Gasteiger charge is -2.09. The Morgan fingerprint density at radius 3 is 2.62 bits per heavy atom. The Kier molecular flexibility index (Phi) is 3.85. The Balaban J connectivity index is 2.34. The summed E-state index contributed by atoms with van der Waals surface area (Å²) in [5, 5.41) is 7.17. The summed E-state index contributed by atoms with van der Waals surface area (Å²) >= 11 is 13.5. The van der Waals surface area contributed by atoms with Gasteiger partial charge < -0.3 is 0 Å². The van der Waals surface area contributed by atoms with Crippen molar-refractivity contribution in [3.8, 4) is 21.6 Å². The van der Waals surface area contributed by atoms with Crippen molar-refractivity contribution in [2.45, 2.75) is 6.92 Å². The van der Waals surface area contributed by atoms with Crippen LogP contribution in [0.1, 0.15) is 5.69 Å². The lowest BCUT2D eigenvalue weighted by molar-refractivity contribution is 0.953. The Hall–Kier alpha value is -1.62. The molecule has 0 aliphatic carbocycles. The van der Waals surface area contributed by atoms with Crippen LogP contribution < -0.4 is 5.56 Å². The van der Waals surface area contributed by atoms with E-state index in [0.717, 1.165) is 21.7 Å². The number of hydrogen-bond acceptors (Lipinski definition) is 3. The van der Waals surface area contributed by atoms with E-state index in [9.17, 15) is 4.79 Å². The van der Waals surface area contributed by atoms with Gasteiger partial charge in [-0.15, -0.1) is 11.3 Å². The summed E-state index contributed by atoms with van der Waals surface area (Å²) in [6.45, 7) is 1.85. The number of nitrogens with zero attached hydrogens (tertiary/aromatic N) is 1. The molecule has 1 aromatic carbocycles. The largest absolute Gasteiger partial charge is 0.272 e. The molecule has 6 heteroatoms. The highest BCUT2D eigenvalue weighted by atomic mass is 35.5. The molecule has 0 fully saturated rings. The van der Waals surface area contributed by atoms with Crippen LogP contribution in [0, 0.1) is 6.92 Å². The molecule has 0 saturated heterocycles. The highest BCUT2D eigenvalue weighted by Gasteiger charge is 2.17. The minimum atomic E-state index is -0.248. The summed E-state index contributed by atoms with van der Waals surface area (Å²) in [5.41, 5.74) is 2.60. The van der Waals surface area contributed by atoms with Gasteiger partial charge in [-0.1, -0.05) is 35.3 Å². The molecule has 1 N–H and O–H groups in total. The number of aromatic nitrogens is 2. The first-order valence-corrected chi connectivity index (χ1v) is 7.74. The highest BCUT2D eigenvalue weighted by Crippen LogP contribution is 2.37. The van der Waals surface area contributed by atoms with Gasteiger partial charge in [-0.25, -0.2) is 5.10 Å². The summed E-state index contributed by atoms with van der Waals surface area (Å²) in [6.07, 6.45) is 0. The third-order valence-corrected chi connectivity index (χ3v) is 4.58. The Labute approximate surface area is 135 Å². The van der Waals surface area contributed by atoms with Gasteiger partial charge in [0.1, 0.15) is 0 Å². The normalized spacial score (nSPS) is 10.8. The summed E-state index contributed by atoms with van der Waals surface area (Å²) in [6, 6.07) is 10.9. The van der Waals surface area contributed by atoms with Crippen molar-refractivity contribution >= 4 is 34.5 Å². The van der Waals surface area contributed by atoms with Crippen LogP contribution in [0.4, 0.5) is 0 Å².